The summed E-state index contributed by atoms with van der Waals surface area (Å²) in [6.45, 7) is 1.50. The molecule has 0 saturated heterocycles. The zero-order valence-electron chi connectivity index (χ0n) is 10.9. The molecule has 0 spiro atoms. The zero-order valence-corrected chi connectivity index (χ0v) is 12.5. The van der Waals surface area contributed by atoms with Gasteiger partial charge in [-0.05, 0) is 19.8 Å². The first-order valence-corrected chi connectivity index (χ1v) is 8.56. The van der Waals surface area contributed by atoms with Gasteiger partial charge in [-0.25, -0.2) is 13.1 Å². The van der Waals surface area contributed by atoms with Gasteiger partial charge in [0, 0.05) is 11.7 Å². The number of hydrogen-bond donors (Lipinski definition) is 3. The second-order valence-electron chi connectivity index (χ2n) is 4.88. The highest BCUT2D eigenvalue weighted by atomic mass is 32.2. The molecule has 0 radical (unpaired) electrons. The number of sulfonamides is 1. The fourth-order valence-corrected chi connectivity index (χ4v) is 5.10. The Kier molecular flexibility index (Phi) is 4.31. The Morgan fingerprint density at radius 2 is 2.05 bits per heavy atom. The maximum atomic E-state index is 12.3. The van der Waals surface area contributed by atoms with Crippen molar-refractivity contribution >= 4 is 27.3 Å². The lowest BCUT2D eigenvalue weighted by molar-refractivity contribution is -0.143. The summed E-state index contributed by atoms with van der Waals surface area (Å²) < 4.78 is 26.9. The molecule has 1 saturated carbocycles. The van der Waals surface area contributed by atoms with E-state index in [0.29, 0.717) is 24.2 Å². The number of rotatable bonds is 4. The molecule has 7 nitrogen and oxygen atoms in total. The van der Waals surface area contributed by atoms with Gasteiger partial charge < -0.3 is 10.1 Å². The zero-order chi connectivity index (χ0) is 14.9. The van der Waals surface area contributed by atoms with Crippen molar-refractivity contribution in [3.8, 4) is 0 Å². The molecule has 20 heavy (non-hydrogen) atoms. The summed E-state index contributed by atoms with van der Waals surface area (Å²) in [5, 5.41) is 9.15. The van der Waals surface area contributed by atoms with E-state index >= 15 is 0 Å². The lowest BCUT2D eigenvalue weighted by atomic mass is 9.85. The minimum absolute atomic E-state index is 0.0720. The first-order valence-electron chi connectivity index (χ1n) is 6.26. The number of aromatic nitrogens is 1. The number of carboxylic acid groups (broad SMARTS) is 1. The molecule has 1 fully saturated rings. The van der Waals surface area contributed by atoms with Gasteiger partial charge in [0.2, 0.25) is 0 Å². The number of aromatic amines is 1. The van der Waals surface area contributed by atoms with Crippen molar-refractivity contribution in [3.63, 3.8) is 0 Å². The standard InChI is InChI=1S/C11H16N2O5S2/c1-6-10(19-11(16)12-6)20(17,18)13-8-5-3-2-4-7(8)9(14)15/h7-8,13H,2-5H2,1H3,(H,12,16)(H,14,15). The van der Waals surface area contributed by atoms with Crippen molar-refractivity contribution in [1.29, 1.82) is 0 Å². The smallest absolute Gasteiger partial charge is 0.308 e. The summed E-state index contributed by atoms with van der Waals surface area (Å²) in [4.78, 5) is 24.3. The molecule has 1 aliphatic rings. The molecular formula is C11H16N2O5S2. The summed E-state index contributed by atoms with van der Waals surface area (Å²) in [5.41, 5.74) is 0.273. The molecule has 3 N–H and O–H groups in total. The van der Waals surface area contributed by atoms with Crippen molar-refractivity contribution in [3.05, 3.63) is 15.4 Å². The van der Waals surface area contributed by atoms with Crippen molar-refractivity contribution in [2.24, 2.45) is 5.92 Å². The number of carboxylic acids is 1. The molecule has 9 heteroatoms. The van der Waals surface area contributed by atoms with E-state index in [9.17, 15) is 18.0 Å². The highest BCUT2D eigenvalue weighted by Crippen LogP contribution is 2.27. The van der Waals surface area contributed by atoms with E-state index in [4.69, 9.17) is 5.11 Å². The van der Waals surface area contributed by atoms with Gasteiger partial charge in [0.05, 0.1) is 5.92 Å². The number of aliphatic carboxylic acids is 1. The van der Waals surface area contributed by atoms with Crippen molar-refractivity contribution in [1.82, 2.24) is 9.71 Å². The van der Waals surface area contributed by atoms with Crippen molar-refractivity contribution in [2.75, 3.05) is 0 Å². The van der Waals surface area contributed by atoms with Gasteiger partial charge in [0.25, 0.3) is 10.0 Å². The minimum Gasteiger partial charge on any atom is -0.481 e. The number of thiazole rings is 1. The van der Waals surface area contributed by atoms with E-state index in [-0.39, 0.29) is 9.90 Å². The van der Waals surface area contributed by atoms with Crippen LogP contribution in [0.3, 0.4) is 0 Å². The van der Waals surface area contributed by atoms with E-state index in [1.54, 1.807) is 0 Å². The lowest BCUT2D eigenvalue weighted by Gasteiger charge is -2.28. The lowest BCUT2D eigenvalue weighted by Crippen LogP contribution is -2.44. The third-order valence-electron chi connectivity index (χ3n) is 3.41. The van der Waals surface area contributed by atoms with Gasteiger partial charge >= 0.3 is 10.8 Å². The number of aryl methyl sites for hydroxylation is 1. The molecule has 2 atom stereocenters. The first-order chi connectivity index (χ1) is 9.31. The predicted molar refractivity (Wildman–Crippen MR) is 73.4 cm³/mol. The van der Waals surface area contributed by atoms with Gasteiger partial charge in [-0.3, -0.25) is 9.59 Å². The maximum Gasteiger partial charge on any atom is 0.308 e. The molecule has 1 aromatic rings. The van der Waals surface area contributed by atoms with E-state index in [1.165, 1.54) is 6.92 Å². The average molecular weight is 320 g/mol. The fourth-order valence-electron chi connectivity index (χ4n) is 2.47. The first kappa shape index (κ1) is 15.2. The fraction of sp³-hybridized carbons (Fsp3) is 0.636. The normalized spacial score (nSPS) is 23.6. The average Bonchev–Trinajstić information content (AvgIpc) is 2.69. The van der Waals surface area contributed by atoms with Crippen LogP contribution in [-0.2, 0) is 14.8 Å². The number of nitrogens with one attached hydrogen (secondary N) is 2. The molecule has 1 aliphatic carbocycles. The molecule has 2 rings (SSSR count). The Balaban J connectivity index is 2.25. The number of hydrogen-bond acceptors (Lipinski definition) is 5. The summed E-state index contributed by atoms with van der Waals surface area (Å²) in [7, 11) is -3.86. The molecule has 0 aliphatic heterocycles. The second kappa shape index (κ2) is 5.66. The summed E-state index contributed by atoms with van der Waals surface area (Å²) >= 11 is 0.611. The van der Waals surface area contributed by atoms with Gasteiger partial charge in [-0.1, -0.05) is 24.2 Å². The molecule has 112 valence electrons. The van der Waals surface area contributed by atoms with Crippen LogP contribution < -0.4 is 9.60 Å². The summed E-state index contributed by atoms with van der Waals surface area (Å²) in [6.07, 6.45) is 2.53. The molecule has 1 aromatic heterocycles. The van der Waals surface area contributed by atoms with Gasteiger partial charge in [-0.15, -0.1) is 0 Å². The third-order valence-corrected chi connectivity index (χ3v) is 6.51. The SMILES string of the molecule is Cc1[nH]c(=O)sc1S(=O)(=O)NC1CCCCC1C(=O)O. The third kappa shape index (κ3) is 3.10. The maximum absolute atomic E-state index is 12.3. The monoisotopic (exact) mass is 320 g/mol. The molecule has 0 bridgehead atoms. The molecule has 0 amide bonds. The Bertz CT molecular complexity index is 661. The van der Waals surface area contributed by atoms with E-state index in [1.807, 2.05) is 0 Å². The highest BCUT2D eigenvalue weighted by molar-refractivity contribution is 7.91. The summed E-state index contributed by atoms with van der Waals surface area (Å²) in [5.74, 6) is -1.70. The van der Waals surface area contributed by atoms with E-state index < -0.39 is 32.8 Å². The Labute approximate surface area is 120 Å². The number of H-pyrrole nitrogens is 1. The quantitative estimate of drug-likeness (QED) is 0.754. The van der Waals surface area contributed by atoms with Crippen LogP contribution in [-0.4, -0.2) is 30.5 Å². The molecule has 1 heterocycles. The number of carbonyl (C=O) groups is 1. The predicted octanol–water partition coefficient (Wildman–Crippen LogP) is 0.667. The summed E-state index contributed by atoms with van der Waals surface area (Å²) in [6, 6.07) is -0.622. The Hall–Kier alpha value is -1.19. The van der Waals surface area contributed by atoms with Crippen LogP contribution in [0.1, 0.15) is 31.4 Å². The minimum atomic E-state index is -3.86. The van der Waals surface area contributed by atoms with Crippen molar-refractivity contribution in [2.45, 2.75) is 42.9 Å². The van der Waals surface area contributed by atoms with Gasteiger partial charge in [0.1, 0.15) is 0 Å². The van der Waals surface area contributed by atoms with Crippen LogP contribution in [0.5, 0.6) is 0 Å². The van der Waals surface area contributed by atoms with Crippen molar-refractivity contribution < 1.29 is 18.3 Å². The molecule has 0 aromatic carbocycles. The van der Waals surface area contributed by atoms with Crippen LogP contribution in [0, 0.1) is 12.8 Å². The highest BCUT2D eigenvalue weighted by Gasteiger charge is 2.35. The molecule has 2 unspecified atom stereocenters. The van der Waals surface area contributed by atoms with Crippen LogP contribution in [0.2, 0.25) is 0 Å². The Morgan fingerprint density at radius 3 is 2.60 bits per heavy atom. The Morgan fingerprint density at radius 1 is 1.40 bits per heavy atom. The topological polar surface area (TPSA) is 116 Å². The van der Waals surface area contributed by atoms with Crippen LogP contribution in [0.4, 0.5) is 0 Å². The van der Waals surface area contributed by atoms with Gasteiger partial charge in [0.15, 0.2) is 4.21 Å². The van der Waals surface area contributed by atoms with Gasteiger partial charge in [-0.2, -0.15) is 0 Å². The molecular weight excluding hydrogens is 304 g/mol. The van der Waals surface area contributed by atoms with E-state index in [2.05, 4.69) is 9.71 Å². The second-order valence-corrected chi connectivity index (χ2v) is 7.78. The largest absolute Gasteiger partial charge is 0.481 e. The van der Waals surface area contributed by atoms with Crippen LogP contribution >= 0.6 is 11.3 Å². The van der Waals surface area contributed by atoms with Crippen LogP contribution in [0.25, 0.3) is 0 Å². The van der Waals surface area contributed by atoms with E-state index in [0.717, 1.165) is 12.8 Å². The van der Waals surface area contributed by atoms with Crippen LogP contribution in [0.15, 0.2) is 9.00 Å².